The molecule has 0 amide bonds. The van der Waals surface area contributed by atoms with Gasteiger partial charge in [-0.3, -0.25) is 4.90 Å². The van der Waals surface area contributed by atoms with Crippen LogP contribution in [-0.2, 0) is 6.54 Å². The molecule has 0 N–H and O–H groups in total. The van der Waals surface area contributed by atoms with Gasteiger partial charge in [0.05, 0.1) is 12.8 Å². The molecule has 1 aromatic carbocycles. The van der Waals surface area contributed by atoms with Crippen LogP contribution in [0, 0.1) is 0 Å². The van der Waals surface area contributed by atoms with Crippen LogP contribution in [0.3, 0.4) is 0 Å². The Balaban J connectivity index is 1.47. The Hall–Kier alpha value is -2.31. The summed E-state index contributed by atoms with van der Waals surface area (Å²) in [5.74, 6) is 2.23. The van der Waals surface area contributed by atoms with Crippen LogP contribution in [-0.4, -0.2) is 35.3 Å². The van der Waals surface area contributed by atoms with E-state index < -0.39 is 0 Å². The number of rotatable bonds is 7. The highest BCUT2D eigenvalue weighted by molar-refractivity contribution is 6.30. The molecule has 0 fully saturated rings. The third-order valence-electron chi connectivity index (χ3n) is 3.14. The van der Waals surface area contributed by atoms with Gasteiger partial charge < -0.3 is 13.6 Å². The maximum Gasteiger partial charge on any atom is 0.283 e. The first-order valence-corrected chi connectivity index (χ1v) is 7.51. The zero-order valence-corrected chi connectivity index (χ0v) is 13.4. The van der Waals surface area contributed by atoms with E-state index in [1.807, 2.05) is 30.1 Å². The number of furan rings is 1. The Labute approximate surface area is 138 Å². The number of hydrogen-bond donors (Lipinski definition) is 0. The highest BCUT2D eigenvalue weighted by Gasteiger charge is 2.12. The van der Waals surface area contributed by atoms with Crippen molar-refractivity contribution in [2.75, 3.05) is 20.2 Å². The smallest absolute Gasteiger partial charge is 0.283 e. The van der Waals surface area contributed by atoms with Crippen LogP contribution in [0.5, 0.6) is 5.75 Å². The summed E-state index contributed by atoms with van der Waals surface area (Å²) in [5, 5.41) is 8.64. The van der Waals surface area contributed by atoms with Crippen LogP contribution < -0.4 is 4.74 Å². The first-order valence-electron chi connectivity index (χ1n) is 7.14. The molecule has 0 unspecified atom stereocenters. The van der Waals surface area contributed by atoms with Gasteiger partial charge in [-0.2, -0.15) is 0 Å². The minimum absolute atomic E-state index is 0.383. The molecule has 2 heterocycles. The number of aromatic nitrogens is 2. The van der Waals surface area contributed by atoms with E-state index in [2.05, 4.69) is 10.2 Å². The molecule has 3 rings (SSSR count). The topological polar surface area (TPSA) is 64.5 Å². The zero-order chi connectivity index (χ0) is 16.1. The Bertz CT molecular complexity index is 743. The fraction of sp³-hybridized carbons (Fsp3) is 0.250. The summed E-state index contributed by atoms with van der Waals surface area (Å²) in [6, 6.07) is 10.9. The van der Waals surface area contributed by atoms with Gasteiger partial charge in [0, 0.05) is 11.6 Å². The van der Waals surface area contributed by atoms with Gasteiger partial charge >= 0.3 is 0 Å². The Kier molecular flexibility index (Phi) is 4.95. The maximum absolute atomic E-state index is 5.91. The van der Waals surface area contributed by atoms with Gasteiger partial charge in [0.25, 0.3) is 5.89 Å². The van der Waals surface area contributed by atoms with Crippen LogP contribution in [0.1, 0.15) is 5.89 Å². The first kappa shape index (κ1) is 15.6. The number of hydrogen-bond acceptors (Lipinski definition) is 6. The predicted molar refractivity (Wildman–Crippen MR) is 85.3 cm³/mol. The molecule has 0 radical (unpaired) electrons. The third kappa shape index (κ3) is 4.34. The Morgan fingerprint density at radius 2 is 2.13 bits per heavy atom. The maximum atomic E-state index is 5.91. The number of ether oxygens (including phenoxy) is 1. The molecule has 0 spiro atoms. The lowest BCUT2D eigenvalue weighted by molar-refractivity contribution is 0.220. The van der Waals surface area contributed by atoms with Crippen molar-refractivity contribution in [1.29, 1.82) is 0 Å². The van der Waals surface area contributed by atoms with Crippen LogP contribution in [0.15, 0.2) is 51.5 Å². The van der Waals surface area contributed by atoms with Crippen molar-refractivity contribution >= 4 is 11.6 Å². The Morgan fingerprint density at radius 1 is 1.22 bits per heavy atom. The first-order chi connectivity index (χ1) is 11.2. The van der Waals surface area contributed by atoms with E-state index in [4.69, 9.17) is 25.2 Å². The average Bonchev–Trinajstić information content (AvgIpc) is 3.18. The third-order valence-corrected chi connectivity index (χ3v) is 3.38. The van der Waals surface area contributed by atoms with Gasteiger partial charge in [-0.1, -0.05) is 17.7 Å². The van der Waals surface area contributed by atoms with Crippen LogP contribution in [0.2, 0.25) is 5.02 Å². The number of benzene rings is 1. The number of likely N-dealkylation sites (N-methyl/N-ethyl adjacent to an activating group) is 1. The van der Waals surface area contributed by atoms with Gasteiger partial charge in [0.2, 0.25) is 5.89 Å². The highest BCUT2D eigenvalue weighted by atomic mass is 35.5. The van der Waals surface area contributed by atoms with E-state index in [0.29, 0.717) is 42.3 Å². The second-order valence-electron chi connectivity index (χ2n) is 5.02. The van der Waals surface area contributed by atoms with Crippen molar-refractivity contribution < 1.29 is 13.6 Å². The van der Waals surface area contributed by atoms with Gasteiger partial charge in [-0.05, 0) is 37.4 Å². The fourth-order valence-electron chi connectivity index (χ4n) is 2.00. The van der Waals surface area contributed by atoms with E-state index in [9.17, 15) is 0 Å². The molecule has 0 saturated carbocycles. The lowest BCUT2D eigenvalue weighted by Gasteiger charge is -2.14. The molecule has 0 atom stereocenters. The van der Waals surface area contributed by atoms with Gasteiger partial charge in [-0.15, -0.1) is 10.2 Å². The largest absolute Gasteiger partial charge is 0.492 e. The van der Waals surface area contributed by atoms with Crippen LogP contribution >= 0.6 is 11.6 Å². The number of nitrogens with zero attached hydrogens (tertiary/aromatic N) is 3. The molecule has 120 valence electrons. The number of halogens is 1. The standard InChI is InChI=1S/C16H16ClN3O3/c1-20(7-9-21-13-5-2-4-12(17)10-13)11-15-18-19-16(23-15)14-6-3-8-22-14/h2-6,8,10H,7,9,11H2,1H3. The minimum Gasteiger partial charge on any atom is -0.492 e. The van der Waals surface area contributed by atoms with Crippen molar-refractivity contribution in [3.8, 4) is 17.4 Å². The monoisotopic (exact) mass is 333 g/mol. The molecular formula is C16H16ClN3O3. The fourth-order valence-corrected chi connectivity index (χ4v) is 2.18. The van der Waals surface area contributed by atoms with Crippen molar-refractivity contribution in [1.82, 2.24) is 15.1 Å². The summed E-state index contributed by atoms with van der Waals surface area (Å²) in [7, 11) is 1.96. The van der Waals surface area contributed by atoms with E-state index in [0.717, 1.165) is 5.75 Å². The van der Waals surface area contributed by atoms with Crippen molar-refractivity contribution in [2.24, 2.45) is 0 Å². The second-order valence-corrected chi connectivity index (χ2v) is 5.46. The highest BCUT2D eigenvalue weighted by Crippen LogP contribution is 2.19. The zero-order valence-electron chi connectivity index (χ0n) is 12.6. The quantitative estimate of drug-likeness (QED) is 0.659. The van der Waals surface area contributed by atoms with Crippen LogP contribution in [0.25, 0.3) is 11.7 Å². The lowest BCUT2D eigenvalue weighted by Crippen LogP contribution is -2.24. The lowest BCUT2D eigenvalue weighted by atomic mass is 10.3. The summed E-state index contributed by atoms with van der Waals surface area (Å²) < 4.78 is 16.4. The van der Waals surface area contributed by atoms with Crippen molar-refractivity contribution in [3.63, 3.8) is 0 Å². The minimum atomic E-state index is 0.383. The SMILES string of the molecule is CN(CCOc1cccc(Cl)c1)Cc1nnc(-c2ccco2)o1. The molecular weight excluding hydrogens is 318 g/mol. The molecule has 23 heavy (non-hydrogen) atoms. The summed E-state index contributed by atoms with van der Waals surface area (Å²) in [6.07, 6.45) is 1.57. The molecule has 0 aliphatic heterocycles. The van der Waals surface area contributed by atoms with E-state index in [1.165, 1.54) is 0 Å². The predicted octanol–water partition coefficient (Wildman–Crippen LogP) is 3.49. The van der Waals surface area contributed by atoms with Gasteiger partial charge in [-0.25, -0.2) is 0 Å². The summed E-state index contributed by atoms with van der Waals surface area (Å²) in [6.45, 7) is 1.79. The van der Waals surface area contributed by atoms with E-state index in [-0.39, 0.29) is 0 Å². The van der Waals surface area contributed by atoms with Gasteiger partial charge in [0.15, 0.2) is 5.76 Å². The molecule has 6 nitrogen and oxygen atoms in total. The molecule has 0 saturated heterocycles. The summed E-state index contributed by atoms with van der Waals surface area (Å²) in [5.41, 5.74) is 0. The molecule has 3 aromatic rings. The van der Waals surface area contributed by atoms with E-state index >= 15 is 0 Å². The van der Waals surface area contributed by atoms with Gasteiger partial charge in [0.1, 0.15) is 12.4 Å². The summed E-state index contributed by atoms with van der Waals surface area (Å²) >= 11 is 5.91. The summed E-state index contributed by atoms with van der Waals surface area (Å²) in [4.78, 5) is 2.03. The molecule has 0 bridgehead atoms. The Morgan fingerprint density at radius 3 is 2.91 bits per heavy atom. The second kappa shape index (κ2) is 7.30. The molecule has 7 heteroatoms. The van der Waals surface area contributed by atoms with Crippen LogP contribution in [0.4, 0.5) is 0 Å². The molecule has 0 aliphatic carbocycles. The molecule has 0 aliphatic rings. The normalized spacial score (nSPS) is 11.1. The molecule has 2 aromatic heterocycles. The van der Waals surface area contributed by atoms with E-state index in [1.54, 1.807) is 24.5 Å². The van der Waals surface area contributed by atoms with Crippen molar-refractivity contribution in [2.45, 2.75) is 6.54 Å². The van der Waals surface area contributed by atoms with Crippen molar-refractivity contribution in [3.05, 3.63) is 53.6 Å². The average molecular weight is 334 g/mol.